The van der Waals surface area contributed by atoms with E-state index in [4.69, 9.17) is 14.2 Å². The molecule has 1 aliphatic rings. The van der Waals surface area contributed by atoms with Crippen LogP contribution in [0.15, 0.2) is 48.0 Å². The van der Waals surface area contributed by atoms with Crippen molar-refractivity contribution in [1.82, 2.24) is 10.6 Å². The van der Waals surface area contributed by atoms with Crippen LogP contribution in [0.25, 0.3) is 5.70 Å². The Balaban J connectivity index is 2.14. The molecule has 0 spiro atoms. The number of hydrogen-bond donors (Lipinski definition) is 2. The Morgan fingerprint density at radius 2 is 1.79 bits per heavy atom. The Labute approximate surface area is 210 Å². The number of hydrogen-bond acceptors (Lipinski definition) is 7. The first-order valence-electron chi connectivity index (χ1n) is 10.6. The van der Waals surface area contributed by atoms with E-state index in [0.717, 1.165) is 0 Å². The van der Waals surface area contributed by atoms with Crippen molar-refractivity contribution in [3.05, 3.63) is 62.7 Å². The van der Waals surface area contributed by atoms with Gasteiger partial charge in [0.25, 0.3) is 0 Å². The van der Waals surface area contributed by atoms with E-state index in [2.05, 4.69) is 38.0 Å². The van der Waals surface area contributed by atoms with E-state index in [1.165, 1.54) is 7.11 Å². The number of esters is 2. The second kappa shape index (κ2) is 11.7. The van der Waals surface area contributed by atoms with Crippen LogP contribution in [-0.4, -0.2) is 44.9 Å². The lowest BCUT2D eigenvalue weighted by Crippen LogP contribution is -2.45. The van der Waals surface area contributed by atoms with Gasteiger partial charge in [-0.3, -0.25) is 0 Å². The highest BCUT2D eigenvalue weighted by Gasteiger charge is 2.35. The van der Waals surface area contributed by atoms with E-state index in [0.29, 0.717) is 38.5 Å². The molecule has 180 valence electrons. The van der Waals surface area contributed by atoms with Gasteiger partial charge in [-0.2, -0.15) is 0 Å². The van der Waals surface area contributed by atoms with E-state index in [1.54, 1.807) is 31.2 Å². The Morgan fingerprint density at radius 1 is 1.06 bits per heavy atom. The van der Waals surface area contributed by atoms with Crippen LogP contribution in [0.1, 0.15) is 31.0 Å². The number of urea groups is 1. The lowest BCUT2D eigenvalue weighted by Gasteiger charge is -2.30. The molecule has 34 heavy (non-hydrogen) atoms. The van der Waals surface area contributed by atoms with Gasteiger partial charge in [0.05, 0.1) is 41.2 Å². The summed E-state index contributed by atoms with van der Waals surface area (Å²) in [5.41, 5.74) is 1.88. The maximum atomic E-state index is 13.1. The third kappa shape index (κ3) is 5.79. The first-order valence-corrected chi connectivity index (χ1v) is 11.7. The maximum Gasteiger partial charge on any atom is 0.343 e. The zero-order valence-electron chi connectivity index (χ0n) is 19.0. The normalized spacial score (nSPS) is 15.2. The van der Waals surface area contributed by atoms with Crippen molar-refractivity contribution in [3.63, 3.8) is 0 Å². The van der Waals surface area contributed by atoms with Crippen molar-refractivity contribution in [1.29, 1.82) is 0 Å². The van der Waals surface area contributed by atoms with E-state index < -0.39 is 24.0 Å². The van der Waals surface area contributed by atoms with Crippen LogP contribution >= 0.6 is 22.6 Å². The van der Waals surface area contributed by atoms with Crippen molar-refractivity contribution in [3.8, 4) is 11.5 Å². The fourth-order valence-corrected chi connectivity index (χ4v) is 4.20. The monoisotopic (exact) mass is 580 g/mol. The van der Waals surface area contributed by atoms with E-state index in [-0.39, 0.29) is 18.8 Å². The number of benzene rings is 2. The number of rotatable bonds is 9. The molecule has 0 aliphatic carbocycles. The smallest absolute Gasteiger partial charge is 0.343 e. The Bertz CT molecular complexity index is 1100. The molecule has 1 heterocycles. The number of carbonyl (C=O) groups excluding carboxylic acids is 3. The maximum absolute atomic E-state index is 13.1. The molecule has 0 unspecified atom stereocenters. The third-order valence-corrected chi connectivity index (χ3v) is 5.66. The van der Waals surface area contributed by atoms with Crippen LogP contribution in [0.3, 0.4) is 0 Å². The highest BCUT2D eigenvalue weighted by atomic mass is 127. The summed E-state index contributed by atoms with van der Waals surface area (Å²) in [6, 6.07) is 11.2. The summed E-state index contributed by atoms with van der Waals surface area (Å²) >= 11 is 2.05. The Hall–Kier alpha value is -3.28. The minimum atomic E-state index is -0.814. The first-order chi connectivity index (χ1) is 16.4. The zero-order valence-corrected chi connectivity index (χ0v) is 21.1. The fraction of sp³-hybridized carbons (Fsp3) is 0.292. The van der Waals surface area contributed by atoms with Gasteiger partial charge in [0.2, 0.25) is 0 Å². The number of methoxy groups -OCH3 is 1. The molecule has 0 radical (unpaired) electrons. The predicted octanol–water partition coefficient (Wildman–Crippen LogP) is 3.57. The summed E-state index contributed by atoms with van der Waals surface area (Å²) < 4.78 is 22.0. The summed E-state index contributed by atoms with van der Waals surface area (Å²) in [6.07, 6.45) is 0. The van der Waals surface area contributed by atoms with Gasteiger partial charge in [-0.05, 0) is 59.7 Å². The van der Waals surface area contributed by atoms with Crippen molar-refractivity contribution >= 4 is 46.3 Å². The summed E-state index contributed by atoms with van der Waals surface area (Å²) in [4.78, 5) is 37.2. The lowest BCUT2D eigenvalue weighted by atomic mass is 9.92. The minimum Gasteiger partial charge on any atom is -0.490 e. The molecule has 2 amide bonds. The highest BCUT2D eigenvalue weighted by Crippen LogP contribution is 2.39. The van der Waals surface area contributed by atoms with Crippen molar-refractivity contribution in [2.75, 3.05) is 26.9 Å². The summed E-state index contributed by atoms with van der Waals surface area (Å²) in [7, 11) is 1.27. The number of ether oxygens (including phenoxy) is 4. The molecule has 0 bridgehead atoms. The SMILES string of the molecule is CCOC(=O)C1=C(c2ccccc2)NC(=O)N[C@H]1c1cc(I)c(OCC(=O)OC)c(OCC)c1. The summed E-state index contributed by atoms with van der Waals surface area (Å²) in [6.45, 7) is 3.75. The molecule has 9 nitrogen and oxygen atoms in total. The van der Waals surface area contributed by atoms with Crippen LogP contribution in [0.4, 0.5) is 4.79 Å². The van der Waals surface area contributed by atoms with Crippen LogP contribution < -0.4 is 20.1 Å². The van der Waals surface area contributed by atoms with Crippen LogP contribution in [0.5, 0.6) is 11.5 Å². The topological polar surface area (TPSA) is 112 Å². The second-order valence-electron chi connectivity index (χ2n) is 7.03. The summed E-state index contributed by atoms with van der Waals surface area (Å²) in [5.74, 6) is -0.363. The Morgan fingerprint density at radius 3 is 2.44 bits per heavy atom. The van der Waals surface area contributed by atoms with Gasteiger partial charge in [-0.25, -0.2) is 14.4 Å². The van der Waals surface area contributed by atoms with Gasteiger partial charge in [-0.1, -0.05) is 30.3 Å². The molecular weight excluding hydrogens is 555 g/mol. The first kappa shape index (κ1) is 25.3. The van der Waals surface area contributed by atoms with E-state index in [1.807, 2.05) is 25.1 Å². The molecule has 1 atom stereocenters. The molecule has 0 saturated heterocycles. The molecule has 2 aromatic rings. The average molecular weight is 580 g/mol. The molecule has 0 saturated carbocycles. The van der Waals surface area contributed by atoms with Gasteiger partial charge in [0, 0.05) is 0 Å². The largest absolute Gasteiger partial charge is 0.490 e. The molecular formula is C24H25IN2O7. The number of nitrogens with one attached hydrogen (secondary N) is 2. The minimum absolute atomic E-state index is 0.174. The molecule has 10 heteroatoms. The molecule has 2 aromatic carbocycles. The molecule has 2 N–H and O–H groups in total. The van der Waals surface area contributed by atoms with Crippen molar-refractivity contribution in [2.24, 2.45) is 0 Å². The molecule has 1 aliphatic heterocycles. The summed E-state index contributed by atoms with van der Waals surface area (Å²) in [5, 5.41) is 5.56. The van der Waals surface area contributed by atoms with Crippen LogP contribution in [0, 0.1) is 3.57 Å². The van der Waals surface area contributed by atoms with Gasteiger partial charge >= 0.3 is 18.0 Å². The van der Waals surface area contributed by atoms with Crippen molar-refractivity contribution in [2.45, 2.75) is 19.9 Å². The second-order valence-corrected chi connectivity index (χ2v) is 8.20. The predicted molar refractivity (Wildman–Crippen MR) is 132 cm³/mol. The van der Waals surface area contributed by atoms with Crippen LogP contribution in [-0.2, 0) is 19.1 Å². The van der Waals surface area contributed by atoms with Gasteiger partial charge in [0.1, 0.15) is 0 Å². The Kier molecular flexibility index (Phi) is 8.74. The lowest BCUT2D eigenvalue weighted by molar-refractivity contribution is -0.143. The highest BCUT2D eigenvalue weighted by molar-refractivity contribution is 14.1. The van der Waals surface area contributed by atoms with E-state index in [9.17, 15) is 14.4 Å². The number of carbonyl (C=O) groups is 3. The number of amides is 2. The zero-order chi connectivity index (χ0) is 24.7. The third-order valence-electron chi connectivity index (χ3n) is 4.86. The van der Waals surface area contributed by atoms with Gasteiger partial charge < -0.3 is 29.6 Å². The van der Waals surface area contributed by atoms with Crippen LogP contribution in [0.2, 0.25) is 0 Å². The average Bonchev–Trinajstić information content (AvgIpc) is 2.83. The van der Waals surface area contributed by atoms with Gasteiger partial charge in [0.15, 0.2) is 18.1 Å². The van der Waals surface area contributed by atoms with Crippen molar-refractivity contribution < 1.29 is 33.3 Å². The molecule has 0 fully saturated rings. The fourth-order valence-electron chi connectivity index (χ4n) is 3.42. The quantitative estimate of drug-likeness (QED) is 0.345. The molecule has 3 rings (SSSR count). The molecule has 0 aromatic heterocycles. The van der Waals surface area contributed by atoms with E-state index >= 15 is 0 Å². The standard InChI is InChI=1S/C24H25IN2O7/c1-4-32-17-12-15(11-16(25)22(17)34-13-18(28)31-3)21-19(23(29)33-5-2)20(26-24(30)27-21)14-9-7-6-8-10-14/h6-12,21H,4-5,13H2,1-3H3,(H2,26,27,30)/t21-/m0/s1. The van der Waals surface area contributed by atoms with Gasteiger partial charge in [-0.15, -0.1) is 0 Å². The number of halogens is 1.